The van der Waals surface area contributed by atoms with Gasteiger partial charge in [0.25, 0.3) is 0 Å². The molecular formula is C11H18O3. The number of aldehydes is 1. The molecule has 14 heavy (non-hydrogen) atoms. The molecule has 0 aromatic heterocycles. The second kappa shape index (κ2) is 4.41. The molecule has 0 bridgehead atoms. The number of hydrogen-bond acceptors (Lipinski definition) is 3. The van der Waals surface area contributed by atoms with E-state index in [1.165, 1.54) is 0 Å². The van der Waals surface area contributed by atoms with Gasteiger partial charge in [0, 0.05) is 26.2 Å². The van der Waals surface area contributed by atoms with Crippen molar-refractivity contribution >= 4 is 6.29 Å². The molecule has 0 aromatic carbocycles. The van der Waals surface area contributed by atoms with Gasteiger partial charge in [-0.05, 0) is 31.6 Å². The van der Waals surface area contributed by atoms with Crippen LogP contribution in [0.5, 0.6) is 0 Å². The number of carbonyl (C=O) groups excluding carboxylic acids is 1. The quantitative estimate of drug-likeness (QED) is 0.631. The summed E-state index contributed by atoms with van der Waals surface area (Å²) in [6.07, 6.45) is 5.84. The van der Waals surface area contributed by atoms with Gasteiger partial charge in [0.1, 0.15) is 6.29 Å². The SMILES string of the molecule is O=CCC1CCOC2(CCOCC2)C1. The molecule has 0 aliphatic carbocycles. The first-order valence-corrected chi connectivity index (χ1v) is 5.50. The molecular weight excluding hydrogens is 180 g/mol. The van der Waals surface area contributed by atoms with Gasteiger partial charge < -0.3 is 14.3 Å². The maximum Gasteiger partial charge on any atom is 0.120 e. The van der Waals surface area contributed by atoms with Crippen molar-refractivity contribution in [3.63, 3.8) is 0 Å². The first kappa shape index (κ1) is 10.1. The first-order chi connectivity index (χ1) is 6.85. The Morgan fingerprint density at radius 3 is 2.79 bits per heavy atom. The van der Waals surface area contributed by atoms with E-state index in [1.54, 1.807) is 0 Å². The Hall–Kier alpha value is -0.410. The average Bonchev–Trinajstić information content (AvgIpc) is 2.19. The zero-order valence-corrected chi connectivity index (χ0v) is 8.54. The van der Waals surface area contributed by atoms with Crippen molar-refractivity contribution in [1.29, 1.82) is 0 Å². The van der Waals surface area contributed by atoms with Crippen molar-refractivity contribution < 1.29 is 14.3 Å². The van der Waals surface area contributed by atoms with E-state index < -0.39 is 0 Å². The second-order valence-electron chi connectivity index (χ2n) is 4.41. The van der Waals surface area contributed by atoms with E-state index in [4.69, 9.17) is 9.47 Å². The predicted octanol–water partition coefficient (Wildman–Crippen LogP) is 1.55. The average molecular weight is 198 g/mol. The normalized spacial score (nSPS) is 31.6. The Morgan fingerprint density at radius 1 is 1.29 bits per heavy atom. The van der Waals surface area contributed by atoms with Crippen LogP contribution in [0.15, 0.2) is 0 Å². The van der Waals surface area contributed by atoms with Crippen LogP contribution in [0.25, 0.3) is 0 Å². The highest BCUT2D eigenvalue weighted by Gasteiger charge is 2.38. The van der Waals surface area contributed by atoms with Gasteiger partial charge in [0.15, 0.2) is 0 Å². The summed E-state index contributed by atoms with van der Waals surface area (Å²) >= 11 is 0. The third kappa shape index (κ3) is 2.15. The standard InChI is InChI=1S/C11H18O3/c12-5-1-10-2-6-14-11(9-10)3-7-13-8-4-11/h5,10H,1-4,6-9H2. The molecule has 0 aromatic rings. The van der Waals surface area contributed by atoms with Crippen LogP contribution >= 0.6 is 0 Å². The zero-order valence-electron chi connectivity index (χ0n) is 8.54. The number of ether oxygens (including phenoxy) is 2. The number of carbonyl (C=O) groups is 1. The monoisotopic (exact) mass is 198 g/mol. The molecule has 2 rings (SSSR count). The van der Waals surface area contributed by atoms with Crippen LogP contribution in [0.3, 0.4) is 0 Å². The molecule has 2 saturated heterocycles. The van der Waals surface area contributed by atoms with Gasteiger partial charge in [0.05, 0.1) is 5.60 Å². The van der Waals surface area contributed by atoms with Gasteiger partial charge in [-0.1, -0.05) is 0 Å². The summed E-state index contributed by atoms with van der Waals surface area (Å²) in [6, 6.07) is 0. The molecule has 80 valence electrons. The summed E-state index contributed by atoms with van der Waals surface area (Å²) in [5, 5.41) is 0. The minimum Gasteiger partial charge on any atom is -0.381 e. The summed E-state index contributed by atoms with van der Waals surface area (Å²) in [7, 11) is 0. The highest BCUT2D eigenvalue weighted by atomic mass is 16.5. The Bertz CT molecular complexity index is 191. The van der Waals surface area contributed by atoms with Gasteiger partial charge in [0.2, 0.25) is 0 Å². The van der Waals surface area contributed by atoms with Crippen molar-refractivity contribution in [3.05, 3.63) is 0 Å². The molecule has 3 nitrogen and oxygen atoms in total. The summed E-state index contributed by atoms with van der Waals surface area (Å²) in [6.45, 7) is 2.44. The van der Waals surface area contributed by atoms with E-state index in [0.717, 1.165) is 51.8 Å². The Kier molecular flexibility index (Phi) is 3.19. The molecule has 0 radical (unpaired) electrons. The van der Waals surface area contributed by atoms with Crippen molar-refractivity contribution in [3.8, 4) is 0 Å². The highest BCUT2D eigenvalue weighted by molar-refractivity contribution is 5.49. The largest absolute Gasteiger partial charge is 0.381 e. The van der Waals surface area contributed by atoms with Crippen molar-refractivity contribution in [2.24, 2.45) is 5.92 Å². The Labute approximate surface area is 84.8 Å². The fraction of sp³-hybridized carbons (Fsp3) is 0.909. The lowest BCUT2D eigenvalue weighted by Crippen LogP contribution is -2.44. The fourth-order valence-corrected chi connectivity index (χ4v) is 2.56. The van der Waals surface area contributed by atoms with E-state index in [-0.39, 0.29) is 5.60 Å². The van der Waals surface area contributed by atoms with E-state index in [0.29, 0.717) is 12.3 Å². The van der Waals surface area contributed by atoms with Crippen molar-refractivity contribution in [2.75, 3.05) is 19.8 Å². The molecule has 3 heteroatoms. The van der Waals surface area contributed by atoms with E-state index in [1.807, 2.05) is 0 Å². The third-order valence-corrected chi connectivity index (χ3v) is 3.43. The predicted molar refractivity (Wildman–Crippen MR) is 52.1 cm³/mol. The molecule has 2 heterocycles. The summed E-state index contributed by atoms with van der Waals surface area (Å²) < 4.78 is 11.2. The van der Waals surface area contributed by atoms with E-state index in [9.17, 15) is 4.79 Å². The maximum absolute atomic E-state index is 10.5. The van der Waals surface area contributed by atoms with Gasteiger partial charge >= 0.3 is 0 Å². The summed E-state index contributed by atoms with van der Waals surface area (Å²) in [5.41, 5.74) is 0.0458. The molecule has 0 saturated carbocycles. The van der Waals surface area contributed by atoms with Crippen LogP contribution in [-0.2, 0) is 14.3 Å². The second-order valence-corrected chi connectivity index (χ2v) is 4.41. The minimum atomic E-state index is 0.0458. The number of rotatable bonds is 2. The maximum atomic E-state index is 10.5. The lowest BCUT2D eigenvalue weighted by Gasteiger charge is -2.43. The lowest BCUT2D eigenvalue weighted by molar-refractivity contribution is -0.148. The number of hydrogen-bond donors (Lipinski definition) is 0. The summed E-state index contributed by atoms with van der Waals surface area (Å²) in [5.74, 6) is 0.541. The lowest BCUT2D eigenvalue weighted by atomic mass is 9.80. The minimum absolute atomic E-state index is 0.0458. The van der Waals surface area contributed by atoms with Crippen LogP contribution in [-0.4, -0.2) is 31.7 Å². The van der Waals surface area contributed by atoms with Crippen LogP contribution in [0.1, 0.15) is 32.1 Å². The van der Waals surface area contributed by atoms with E-state index >= 15 is 0 Å². The molecule has 1 atom stereocenters. The molecule has 2 aliphatic heterocycles. The Balaban J connectivity index is 1.94. The van der Waals surface area contributed by atoms with Crippen LogP contribution in [0.4, 0.5) is 0 Å². The van der Waals surface area contributed by atoms with Crippen molar-refractivity contribution in [1.82, 2.24) is 0 Å². The molecule has 1 spiro atoms. The fourth-order valence-electron chi connectivity index (χ4n) is 2.56. The smallest absolute Gasteiger partial charge is 0.120 e. The van der Waals surface area contributed by atoms with Gasteiger partial charge in [-0.3, -0.25) is 0 Å². The third-order valence-electron chi connectivity index (χ3n) is 3.43. The Morgan fingerprint density at radius 2 is 2.07 bits per heavy atom. The highest BCUT2D eigenvalue weighted by Crippen LogP contribution is 2.37. The van der Waals surface area contributed by atoms with Crippen LogP contribution in [0, 0.1) is 5.92 Å². The molecule has 1 unspecified atom stereocenters. The zero-order chi connectivity index (χ0) is 9.86. The van der Waals surface area contributed by atoms with Crippen LogP contribution in [0.2, 0.25) is 0 Å². The van der Waals surface area contributed by atoms with Gasteiger partial charge in [-0.15, -0.1) is 0 Å². The first-order valence-electron chi connectivity index (χ1n) is 5.50. The summed E-state index contributed by atoms with van der Waals surface area (Å²) in [4.78, 5) is 10.5. The molecule has 0 amide bonds. The van der Waals surface area contributed by atoms with E-state index in [2.05, 4.69) is 0 Å². The van der Waals surface area contributed by atoms with Gasteiger partial charge in [-0.25, -0.2) is 0 Å². The van der Waals surface area contributed by atoms with Crippen LogP contribution < -0.4 is 0 Å². The molecule has 0 N–H and O–H groups in total. The molecule has 2 fully saturated rings. The van der Waals surface area contributed by atoms with Gasteiger partial charge in [-0.2, -0.15) is 0 Å². The molecule has 2 aliphatic rings. The van der Waals surface area contributed by atoms with Crippen molar-refractivity contribution in [2.45, 2.75) is 37.7 Å². The topological polar surface area (TPSA) is 35.5 Å².